The standard InChI is InChI=1S/C14H22ClN3/c1-11(2)18(10-12-4-3-6-16-8-12)14-5-7-17-9-13(14)15/h5,7,9,11-12,16H,3-4,6,8,10H2,1-2H3. The van der Waals surface area contributed by atoms with E-state index in [4.69, 9.17) is 11.6 Å². The maximum absolute atomic E-state index is 6.26. The predicted octanol–water partition coefficient (Wildman–Crippen LogP) is 2.95. The van der Waals surface area contributed by atoms with Crippen molar-refractivity contribution in [1.82, 2.24) is 10.3 Å². The Bertz CT molecular complexity index is 375. The molecule has 18 heavy (non-hydrogen) atoms. The first-order valence-electron chi connectivity index (χ1n) is 6.75. The Morgan fingerprint density at radius 1 is 1.56 bits per heavy atom. The van der Waals surface area contributed by atoms with Crippen molar-refractivity contribution in [2.45, 2.75) is 32.7 Å². The average Bonchev–Trinajstić information content (AvgIpc) is 2.38. The highest BCUT2D eigenvalue weighted by molar-refractivity contribution is 6.33. The van der Waals surface area contributed by atoms with E-state index >= 15 is 0 Å². The summed E-state index contributed by atoms with van der Waals surface area (Å²) in [5.41, 5.74) is 1.10. The van der Waals surface area contributed by atoms with Crippen LogP contribution in [-0.2, 0) is 0 Å². The summed E-state index contributed by atoms with van der Waals surface area (Å²) in [6, 6.07) is 2.46. The minimum Gasteiger partial charge on any atom is -0.367 e. The van der Waals surface area contributed by atoms with Crippen molar-refractivity contribution >= 4 is 17.3 Å². The van der Waals surface area contributed by atoms with Crippen molar-refractivity contribution in [2.75, 3.05) is 24.5 Å². The maximum atomic E-state index is 6.26. The summed E-state index contributed by atoms with van der Waals surface area (Å²) >= 11 is 6.26. The minimum absolute atomic E-state index is 0.451. The minimum atomic E-state index is 0.451. The Hall–Kier alpha value is -0.800. The van der Waals surface area contributed by atoms with Gasteiger partial charge in [0, 0.05) is 25.0 Å². The second kappa shape index (κ2) is 6.39. The molecular weight excluding hydrogens is 246 g/mol. The van der Waals surface area contributed by atoms with E-state index in [0.717, 1.165) is 30.3 Å². The van der Waals surface area contributed by atoms with Gasteiger partial charge in [0.05, 0.1) is 10.7 Å². The molecule has 1 aromatic rings. The molecule has 0 saturated carbocycles. The fourth-order valence-corrected chi connectivity index (χ4v) is 2.77. The number of rotatable bonds is 4. The summed E-state index contributed by atoms with van der Waals surface area (Å²) in [7, 11) is 0. The number of anilines is 1. The van der Waals surface area contributed by atoms with E-state index in [2.05, 4.69) is 29.0 Å². The molecule has 0 amide bonds. The van der Waals surface area contributed by atoms with Crippen molar-refractivity contribution in [3.63, 3.8) is 0 Å². The maximum Gasteiger partial charge on any atom is 0.0822 e. The number of halogens is 1. The van der Waals surface area contributed by atoms with E-state index in [1.165, 1.54) is 12.8 Å². The van der Waals surface area contributed by atoms with E-state index < -0.39 is 0 Å². The second-order valence-electron chi connectivity index (χ2n) is 5.29. The van der Waals surface area contributed by atoms with E-state index in [1.54, 1.807) is 6.20 Å². The van der Waals surface area contributed by atoms with Crippen LogP contribution in [0.5, 0.6) is 0 Å². The Morgan fingerprint density at radius 3 is 3.00 bits per heavy atom. The van der Waals surface area contributed by atoms with Crippen LogP contribution in [0.2, 0.25) is 5.02 Å². The molecule has 0 aromatic carbocycles. The lowest BCUT2D eigenvalue weighted by atomic mass is 9.98. The van der Waals surface area contributed by atoms with Crippen LogP contribution >= 0.6 is 11.6 Å². The molecule has 1 atom stereocenters. The lowest BCUT2D eigenvalue weighted by molar-refractivity contribution is 0.371. The van der Waals surface area contributed by atoms with Gasteiger partial charge in [-0.3, -0.25) is 4.98 Å². The van der Waals surface area contributed by atoms with E-state index in [0.29, 0.717) is 12.0 Å². The summed E-state index contributed by atoms with van der Waals surface area (Å²) in [5, 5.41) is 4.22. The monoisotopic (exact) mass is 267 g/mol. The molecule has 0 bridgehead atoms. The van der Waals surface area contributed by atoms with Gasteiger partial charge in [-0.2, -0.15) is 0 Å². The normalized spacial score (nSPS) is 20.1. The second-order valence-corrected chi connectivity index (χ2v) is 5.69. The Morgan fingerprint density at radius 2 is 2.39 bits per heavy atom. The molecule has 4 heteroatoms. The highest BCUT2D eigenvalue weighted by atomic mass is 35.5. The highest BCUT2D eigenvalue weighted by Crippen LogP contribution is 2.27. The molecule has 1 aliphatic heterocycles. The molecular formula is C14H22ClN3. The van der Waals surface area contributed by atoms with Gasteiger partial charge in [-0.1, -0.05) is 11.6 Å². The smallest absolute Gasteiger partial charge is 0.0822 e. The SMILES string of the molecule is CC(C)N(CC1CCCNC1)c1ccncc1Cl. The quantitative estimate of drug-likeness (QED) is 0.909. The van der Waals surface area contributed by atoms with Crippen LogP contribution in [0, 0.1) is 5.92 Å². The Balaban J connectivity index is 2.10. The lowest BCUT2D eigenvalue weighted by Crippen LogP contribution is -2.41. The first-order chi connectivity index (χ1) is 8.68. The first-order valence-corrected chi connectivity index (χ1v) is 7.13. The van der Waals surface area contributed by atoms with Gasteiger partial charge in [0.1, 0.15) is 0 Å². The molecule has 0 radical (unpaired) electrons. The van der Waals surface area contributed by atoms with Gasteiger partial charge < -0.3 is 10.2 Å². The van der Waals surface area contributed by atoms with Crippen molar-refractivity contribution in [1.29, 1.82) is 0 Å². The van der Waals surface area contributed by atoms with Crippen LogP contribution in [0.15, 0.2) is 18.5 Å². The number of hydrogen-bond acceptors (Lipinski definition) is 3. The Kier molecular flexibility index (Phi) is 4.84. The first kappa shape index (κ1) is 13.6. The number of nitrogens with zero attached hydrogens (tertiary/aromatic N) is 2. The zero-order chi connectivity index (χ0) is 13.0. The molecule has 1 N–H and O–H groups in total. The van der Waals surface area contributed by atoms with Crippen molar-refractivity contribution in [2.24, 2.45) is 5.92 Å². The zero-order valence-corrected chi connectivity index (χ0v) is 12.0. The van der Waals surface area contributed by atoms with Gasteiger partial charge in [-0.15, -0.1) is 0 Å². The van der Waals surface area contributed by atoms with E-state index in [-0.39, 0.29) is 0 Å². The average molecular weight is 268 g/mol. The van der Waals surface area contributed by atoms with Crippen LogP contribution in [0.3, 0.4) is 0 Å². The van der Waals surface area contributed by atoms with Crippen LogP contribution in [0.4, 0.5) is 5.69 Å². The molecule has 1 unspecified atom stereocenters. The number of hydrogen-bond donors (Lipinski definition) is 1. The van der Waals surface area contributed by atoms with Gasteiger partial charge in [0.15, 0.2) is 0 Å². The number of nitrogens with one attached hydrogen (secondary N) is 1. The third-order valence-corrected chi connectivity index (χ3v) is 3.83. The van der Waals surface area contributed by atoms with Crippen molar-refractivity contribution in [3.8, 4) is 0 Å². The lowest BCUT2D eigenvalue weighted by Gasteiger charge is -2.35. The van der Waals surface area contributed by atoms with Crippen LogP contribution in [0.25, 0.3) is 0 Å². The van der Waals surface area contributed by atoms with Crippen molar-refractivity contribution in [3.05, 3.63) is 23.5 Å². The van der Waals surface area contributed by atoms with Gasteiger partial charge >= 0.3 is 0 Å². The number of pyridine rings is 1. The molecule has 1 saturated heterocycles. The molecule has 100 valence electrons. The van der Waals surface area contributed by atoms with Gasteiger partial charge in [-0.25, -0.2) is 0 Å². The molecule has 1 fully saturated rings. The molecule has 3 nitrogen and oxygen atoms in total. The summed E-state index contributed by atoms with van der Waals surface area (Å²) in [5.74, 6) is 0.713. The molecule has 1 aromatic heterocycles. The van der Waals surface area contributed by atoms with Gasteiger partial charge in [-0.05, 0) is 51.8 Å². The summed E-state index contributed by atoms with van der Waals surface area (Å²) < 4.78 is 0. The highest BCUT2D eigenvalue weighted by Gasteiger charge is 2.20. The van der Waals surface area contributed by atoms with Gasteiger partial charge in [0.2, 0.25) is 0 Å². The Labute approximate surface area is 115 Å². The number of piperidine rings is 1. The van der Waals surface area contributed by atoms with E-state index in [9.17, 15) is 0 Å². The largest absolute Gasteiger partial charge is 0.367 e. The predicted molar refractivity (Wildman–Crippen MR) is 77.3 cm³/mol. The summed E-state index contributed by atoms with van der Waals surface area (Å²) in [4.78, 5) is 6.45. The van der Waals surface area contributed by atoms with Crippen LogP contribution in [-0.4, -0.2) is 30.7 Å². The van der Waals surface area contributed by atoms with E-state index in [1.807, 2.05) is 12.3 Å². The third kappa shape index (κ3) is 3.36. The molecule has 1 aliphatic rings. The topological polar surface area (TPSA) is 28.2 Å². The van der Waals surface area contributed by atoms with Gasteiger partial charge in [0.25, 0.3) is 0 Å². The van der Waals surface area contributed by atoms with Crippen LogP contribution in [0.1, 0.15) is 26.7 Å². The summed E-state index contributed by atoms with van der Waals surface area (Å²) in [6.45, 7) is 7.77. The molecule has 0 spiro atoms. The van der Waals surface area contributed by atoms with Crippen molar-refractivity contribution < 1.29 is 0 Å². The molecule has 2 rings (SSSR count). The molecule has 2 heterocycles. The zero-order valence-electron chi connectivity index (χ0n) is 11.2. The fourth-order valence-electron chi connectivity index (χ4n) is 2.55. The fraction of sp³-hybridized carbons (Fsp3) is 0.643. The third-order valence-electron chi connectivity index (χ3n) is 3.54. The number of aromatic nitrogens is 1. The van der Waals surface area contributed by atoms with Crippen LogP contribution < -0.4 is 10.2 Å². The molecule has 0 aliphatic carbocycles. The summed E-state index contributed by atoms with van der Waals surface area (Å²) in [6.07, 6.45) is 6.13.